The zero-order chi connectivity index (χ0) is 11.0. The van der Waals surface area contributed by atoms with Crippen LogP contribution in [0.25, 0.3) is 0 Å². The Balaban J connectivity index is 3.31. The first-order valence-corrected chi connectivity index (χ1v) is 5.14. The first kappa shape index (κ1) is 13.2. The van der Waals surface area contributed by atoms with Crippen LogP contribution >= 0.6 is 0 Å². The third-order valence-electron chi connectivity index (χ3n) is 1.72. The van der Waals surface area contributed by atoms with Crippen molar-refractivity contribution in [3.8, 4) is 0 Å². The fraction of sp³-hybridized carbons (Fsp3) is 0.727. The van der Waals surface area contributed by atoms with Gasteiger partial charge in [0.1, 0.15) is 0 Å². The van der Waals surface area contributed by atoms with Gasteiger partial charge in [0.2, 0.25) is 5.91 Å². The van der Waals surface area contributed by atoms with E-state index in [9.17, 15) is 4.79 Å². The Hall–Kier alpha value is -0.830. The van der Waals surface area contributed by atoms with Crippen LogP contribution in [0, 0.1) is 5.92 Å². The molecule has 0 heterocycles. The molecule has 0 radical (unpaired) electrons. The van der Waals surface area contributed by atoms with E-state index in [-0.39, 0.29) is 5.91 Å². The van der Waals surface area contributed by atoms with Gasteiger partial charge >= 0.3 is 0 Å². The molecule has 0 bridgehead atoms. The summed E-state index contributed by atoms with van der Waals surface area (Å²) in [6, 6.07) is 0. The van der Waals surface area contributed by atoms with Gasteiger partial charge in [-0.25, -0.2) is 0 Å². The van der Waals surface area contributed by atoms with Crippen molar-refractivity contribution in [2.75, 3.05) is 19.6 Å². The van der Waals surface area contributed by atoms with Gasteiger partial charge in [-0.2, -0.15) is 0 Å². The number of amides is 1. The van der Waals surface area contributed by atoms with Crippen LogP contribution in [0.3, 0.4) is 0 Å². The number of hydrogen-bond acceptors (Lipinski definition) is 2. The minimum Gasteiger partial charge on any atom is -0.355 e. The molecule has 0 aromatic heterocycles. The van der Waals surface area contributed by atoms with Crippen molar-refractivity contribution in [3.63, 3.8) is 0 Å². The quantitative estimate of drug-likeness (QED) is 0.478. The SMILES string of the molecule is C=C(C)CCNCC(=O)NCC(C)C. The molecule has 0 atom stereocenters. The first-order valence-electron chi connectivity index (χ1n) is 5.14. The molecule has 3 nitrogen and oxygen atoms in total. The Morgan fingerprint density at radius 3 is 2.57 bits per heavy atom. The molecule has 0 spiro atoms. The lowest BCUT2D eigenvalue weighted by Gasteiger charge is -2.08. The van der Waals surface area contributed by atoms with Crippen LogP contribution < -0.4 is 10.6 Å². The molecule has 0 aromatic rings. The summed E-state index contributed by atoms with van der Waals surface area (Å²) in [5.41, 5.74) is 1.14. The van der Waals surface area contributed by atoms with Crippen molar-refractivity contribution in [1.29, 1.82) is 0 Å². The van der Waals surface area contributed by atoms with Crippen LogP contribution in [-0.4, -0.2) is 25.5 Å². The maximum absolute atomic E-state index is 11.2. The van der Waals surface area contributed by atoms with Crippen LogP contribution in [0.15, 0.2) is 12.2 Å². The largest absolute Gasteiger partial charge is 0.355 e. The highest BCUT2D eigenvalue weighted by molar-refractivity contribution is 5.77. The smallest absolute Gasteiger partial charge is 0.233 e. The Morgan fingerprint density at radius 1 is 1.43 bits per heavy atom. The molecule has 1 amide bonds. The zero-order valence-corrected chi connectivity index (χ0v) is 9.52. The van der Waals surface area contributed by atoms with E-state index in [0.717, 1.165) is 25.1 Å². The number of carbonyl (C=O) groups excluding carboxylic acids is 1. The van der Waals surface area contributed by atoms with Crippen LogP contribution in [0.5, 0.6) is 0 Å². The second-order valence-electron chi connectivity index (χ2n) is 4.08. The Morgan fingerprint density at radius 2 is 2.07 bits per heavy atom. The lowest BCUT2D eigenvalue weighted by Crippen LogP contribution is -2.36. The highest BCUT2D eigenvalue weighted by atomic mass is 16.1. The molecular formula is C11H22N2O. The molecule has 0 fully saturated rings. The monoisotopic (exact) mass is 198 g/mol. The van der Waals surface area contributed by atoms with Gasteiger partial charge in [0, 0.05) is 6.54 Å². The van der Waals surface area contributed by atoms with Crippen LogP contribution in [-0.2, 0) is 4.79 Å². The van der Waals surface area contributed by atoms with E-state index in [1.54, 1.807) is 0 Å². The van der Waals surface area contributed by atoms with Crippen molar-refractivity contribution >= 4 is 5.91 Å². The van der Waals surface area contributed by atoms with Crippen molar-refractivity contribution in [2.24, 2.45) is 5.92 Å². The summed E-state index contributed by atoms with van der Waals surface area (Å²) in [5, 5.41) is 5.91. The molecule has 2 N–H and O–H groups in total. The van der Waals surface area contributed by atoms with Gasteiger partial charge in [0.15, 0.2) is 0 Å². The normalized spacial score (nSPS) is 10.3. The molecule has 3 heteroatoms. The summed E-state index contributed by atoms with van der Waals surface area (Å²) in [6.07, 6.45) is 0.928. The maximum atomic E-state index is 11.2. The van der Waals surface area contributed by atoms with Crippen LogP contribution in [0.4, 0.5) is 0 Å². The molecule has 0 aromatic carbocycles. The van der Waals surface area contributed by atoms with Crippen molar-refractivity contribution < 1.29 is 4.79 Å². The first-order chi connectivity index (χ1) is 6.52. The van der Waals surface area contributed by atoms with Crippen molar-refractivity contribution in [1.82, 2.24) is 10.6 Å². The highest BCUT2D eigenvalue weighted by Crippen LogP contribution is 1.91. The van der Waals surface area contributed by atoms with E-state index in [0.29, 0.717) is 12.5 Å². The van der Waals surface area contributed by atoms with E-state index in [1.165, 1.54) is 0 Å². The molecule has 0 rings (SSSR count). The second kappa shape index (κ2) is 7.56. The lowest BCUT2D eigenvalue weighted by molar-refractivity contribution is -0.120. The zero-order valence-electron chi connectivity index (χ0n) is 9.52. The number of carbonyl (C=O) groups is 1. The fourth-order valence-electron chi connectivity index (χ4n) is 0.884. The van der Waals surface area contributed by atoms with Gasteiger partial charge in [0.25, 0.3) is 0 Å². The van der Waals surface area contributed by atoms with Crippen molar-refractivity contribution in [2.45, 2.75) is 27.2 Å². The number of hydrogen-bond donors (Lipinski definition) is 2. The van der Waals surface area contributed by atoms with E-state index in [4.69, 9.17) is 0 Å². The molecule has 0 aliphatic heterocycles. The molecule has 0 aliphatic rings. The number of rotatable bonds is 7. The van der Waals surface area contributed by atoms with E-state index in [1.807, 2.05) is 6.92 Å². The topological polar surface area (TPSA) is 41.1 Å². The minimum absolute atomic E-state index is 0.0698. The van der Waals surface area contributed by atoms with E-state index >= 15 is 0 Å². The maximum Gasteiger partial charge on any atom is 0.233 e. The van der Waals surface area contributed by atoms with Gasteiger partial charge in [-0.05, 0) is 25.8 Å². The van der Waals surface area contributed by atoms with E-state index < -0.39 is 0 Å². The standard InChI is InChI=1S/C11H22N2O/c1-9(2)5-6-12-8-11(14)13-7-10(3)4/h10,12H,1,5-8H2,2-4H3,(H,13,14). The molecule has 82 valence electrons. The average Bonchev–Trinajstić information content (AvgIpc) is 2.08. The summed E-state index contributed by atoms with van der Waals surface area (Å²) >= 11 is 0. The Kier molecular flexibility index (Phi) is 7.11. The Labute approximate surface area is 87.0 Å². The van der Waals surface area contributed by atoms with Gasteiger partial charge in [0.05, 0.1) is 6.54 Å². The summed E-state index contributed by atoms with van der Waals surface area (Å²) < 4.78 is 0. The average molecular weight is 198 g/mol. The summed E-state index contributed by atoms with van der Waals surface area (Å²) in [6.45, 7) is 11.9. The van der Waals surface area contributed by atoms with Crippen molar-refractivity contribution in [3.05, 3.63) is 12.2 Å². The third-order valence-corrected chi connectivity index (χ3v) is 1.72. The van der Waals surface area contributed by atoms with Gasteiger partial charge < -0.3 is 10.6 Å². The molecule has 14 heavy (non-hydrogen) atoms. The second-order valence-corrected chi connectivity index (χ2v) is 4.08. The van der Waals surface area contributed by atoms with Crippen LogP contribution in [0.2, 0.25) is 0 Å². The molecule has 0 unspecified atom stereocenters. The minimum atomic E-state index is 0.0698. The van der Waals surface area contributed by atoms with Crippen LogP contribution in [0.1, 0.15) is 27.2 Å². The summed E-state index contributed by atoms with van der Waals surface area (Å²) in [5.74, 6) is 0.579. The summed E-state index contributed by atoms with van der Waals surface area (Å²) in [7, 11) is 0. The van der Waals surface area contributed by atoms with E-state index in [2.05, 4.69) is 31.1 Å². The fourth-order valence-corrected chi connectivity index (χ4v) is 0.884. The van der Waals surface area contributed by atoms with Gasteiger partial charge in [-0.3, -0.25) is 4.79 Å². The molecule has 0 saturated carbocycles. The van der Waals surface area contributed by atoms with Gasteiger partial charge in [-0.1, -0.05) is 19.4 Å². The number of nitrogens with one attached hydrogen (secondary N) is 2. The molecular weight excluding hydrogens is 176 g/mol. The highest BCUT2D eigenvalue weighted by Gasteiger charge is 2.00. The predicted octanol–water partition coefficient (Wildman–Crippen LogP) is 1.31. The summed E-state index contributed by atoms with van der Waals surface area (Å²) in [4.78, 5) is 11.2. The molecule has 0 saturated heterocycles. The van der Waals surface area contributed by atoms with Gasteiger partial charge in [-0.15, -0.1) is 6.58 Å². The Bertz CT molecular complexity index is 188. The lowest BCUT2D eigenvalue weighted by atomic mass is 10.2. The predicted molar refractivity (Wildman–Crippen MR) is 60.1 cm³/mol. The third kappa shape index (κ3) is 9.26. The molecule has 0 aliphatic carbocycles.